The molecule has 0 spiro atoms. The number of nitrogens with zero attached hydrogens (tertiary/aromatic N) is 3. The monoisotopic (exact) mass is 441 g/mol. The van der Waals surface area contributed by atoms with Crippen LogP contribution < -0.4 is 5.32 Å². The molecule has 3 N–H and O–H groups in total. The lowest BCUT2D eigenvalue weighted by Crippen LogP contribution is -2.47. The van der Waals surface area contributed by atoms with Gasteiger partial charge in [-0.25, -0.2) is 9.78 Å². The number of fused-ring (bicyclic) bond motifs is 4. The van der Waals surface area contributed by atoms with Crippen molar-refractivity contribution in [3.63, 3.8) is 0 Å². The van der Waals surface area contributed by atoms with Crippen LogP contribution in [0.3, 0.4) is 0 Å². The lowest BCUT2D eigenvalue weighted by molar-refractivity contribution is 0.190. The van der Waals surface area contributed by atoms with Gasteiger partial charge in [-0.15, -0.1) is 0 Å². The molecular formula is C25H23N5O3. The van der Waals surface area contributed by atoms with Gasteiger partial charge in [0.15, 0.2) is 0 Å². The number of hydrogen-bond donors (Lipinski definition) is 3. The summed E-state index contributed by atoms with van der Waals surface area (Å²) >= 11 is 0. The average molecular weight is 441 g/mol. The Hall–Kier alpha value is -3.94. The van der Waals surface area contributed by atoms with Crippen LogP contribution in [0.2, 0.25) is 0 Å². The standard InChI is InChI=1S/C25H23N5O3/c1-14-19-9-8-18-21(15-7-10-20(26-12-15)28-24(31)32)29-30-23(18)25(19,17-5-3-2-4-6-17)11-16-13-27-33-22(14)16/h2-7,10,12-14,19H,8-9,11H2,1H3,(H,26,28)(H,29,30)(H,31,32)/t14-,19-,25+/m0/s1. The Labute approximate surface area is 190 Å². The third-order valence-corrected chi connectivity index (χ3v) is 7.37. The molecule has 0 saturated heterocycles. The fraction of sp³-hybridized carbons (Fsp3) is 0.280. The summed E-state index contributed by atoms with van der Waals surface area (Å²) in [5.74, 6) is 1.86. The van der Waals surface area contributed by atoms with Crippen molar-refractivity contribution >= 4 is 11.9 Å². The van der Waals surface area contributed by atoms with Gasteiger partial charge in [0.1, 0.15) is 11.6 Å². The largest absolute Gasteiger partial charge is 0.465 e. The van der Waals surface area contributed by atoms with Crippen LogP contribution in [-0.2, 0) is 18.3 Å². The molecule has 8 nitrogen and oxygen atoms in total. The highest BCUT2D eigenvalue weighted by Crippen LogP contribution is 2.57. The van der Waals surface area contributed by atoms with E-state index in [1.165, 1.54) is 11.1 Å². The van der Waals surface area contributed by atoms with E-state index in [9.17, 15) is 4.79 Å². The van der Waals surface area contributed by atoms with E-state index in [2.05, 4.69) is 51.7 Å². The molecule has 0 radical (unpaired) electrons. The van der Waals surface area contributed by atoms with Crippen LogP contribution in [0.25, 0.3) is 11.3 Å². The summed E-state index contributed by atoms with van der Waals surface area (Å²) in [6.45, 7) is 2.24. The molecular weight excluding hydrogens is 418 g/mol. The van der Waals surface area contributed by atoms with Gasteiger partial charge < -0.3 is 9.63 Å². The molecule has 2 aliphatic rings. The summed E-state index contributed by atoms with van der Waals surface area (Å²) in [4.78, 5) is 15.1. The Morgan fingerprint density at radius 2 is 2.06 bits per heavy atom. The van der Waals surface area contributed by atoms with E-state index in [1.807, 2.05) is 18.3 Å². The number of rotatable bonds is 3. The number of pyridine rings is 1. The van der Waals surface area contributed by atoms with Gasteiger partial charge in [-0.05, 0) is 42.9 Å². The number of hydrogen-bond acceptors (Lipinski definition) is 5. The van der Waals surface area contributed by atoms with Crippen molar-refractivity contribution < 1.29 is 14.4 Å². The average Bonchev–Trinajstić information content (AvgIpc) is 3.47. The van der Waals surface area contributed by atoms with E-state index >= 15 is 0 Å². The van der Waals surface area contributed by atoms with E-state index in [4.69, 9.17) is 14.7 Å². The summed E-state index contributed by atoms with van der Waals surface area (Å²) < 4.78 is 5.67. The van der Waals surface area contributed by atoms with E-state index in [1.54, 1.807) is 12.3 Å². The smallest absolute Gasteiger partial charge is 0.410 e. The molecule has 3 atom stereocenters. The van der Waals surface area contributed by atoms with Crippen LogP contribution in [0.5, 0.6) is 0 Å². The third-order valence-electron chi connectivity index (χ3n) is 7.37. The van der Waals surface area contributed by atoms with Crippen molar-refractivity contribution in [1.29, 1.82) is 0 Å². The van der Waals surface area contributed by atoms with Crippen molar-refractivity contribution in [3.05, 3.63) is 83.0 Å². The number of anilines is 1. The summed E-state index contributed by atoms with van der Waals surface area (Å²) in [5.41, 5.74) is 6.22. The molecule has 0 bridgehead atoms. The minimum absolute atomic E-state index is 0.229. The van der Waals surface area contributed by atoms with Gasteiger partial charge in [-0.3, -0.25) is 10.4 Å². The molecule has 0 saturated carbocycles. The Morgan fingerprint density at radius 3 is 2.82 bits per heavy atom. The molecule has 3 heterocycles. The van der Waals surface area contributed by atoms with Crippen LogP contribution in [0.1, 0.15) is 47.4 Å². The fourth-order valence-corrected chi connectivity index (χ4v) is 6.00. The molecule has 0 unspecified atom stereocenters. The number of carbonyl (C=O) groups is 1. The molecule has 3 aromatic heterocycles. The number of benzene rings is 1. The normalized spacial score (nSPS) is 23.3. The Bertz CT molecular complexity index is 1330. The van der Waals surface area contributed by atoms with E-state index in [0.717, 1.165) is 47.5 Å². The Kier molecular flexibility index (Phi) is 4.36. The van der Waals surface area contributed by atoms with Crippen LogP contribution in [0.15, 0.2) is 59.4 Å². The second kappa shape index (κ2) is 7.30. The first-order valence-corrected chi connectivity index (χ1v) is 11.1. The number of nitrogens with one attached hydrogen (secondary N) is 2. The zero-order chi connectivity index (χ0) is 22.6. The predicted octanol–water partition coefficient (Wildman–Crippen LogP) is 4.76. The molecule has 8 heteroatoms. The van der Waals surface area contributed by atoms with Crippen LogP contribution in [0.4, 0.5) is 10.6 Å². The van der Waals surface area contributed by atoms with Crippen molar-refractivity contribution in [3.8, 4) is 11.3 Å². The highest BCUT2D eigenvalue weighted by Gasteiger charge is 2.54. The SMILES string of the molecule is C[C@@H]1c2oncc2C[C@]2(c3ccccc3)c3n[nH]c(-c4ccc(NC(=O)O)nc4)c3CC[C@@H]12. The van der Waals surface area contributed by atoms with Gasteiger partial charge in [0.05, 0.1) is 17.6 Å². The molecule has 33 heavy (non-hydrogen) atoms. The quantitative estimate of drug-likeness (QED) is 0.422. The highest BCUT2D eigenvalue weighted by molar-refractivity contribution is 5.81. The van der Waals surface area contributed by atoms with Crippen molar-refractivity contribution in [1.82, 2.24) is 20.3 Å². The van der Waals surface area contributed by atoms with E-state index in [0.29, 0.717) is 11.7 Å². The first kappa shape index (κ1) is 19.7. The van der Waals surface area contributed by atoms with Crippen molar-refractivity contribution in [2.75, 3.05) is 5.32 Å². The third kappa shape index (κ3) is 2.90. The molecule has 6 rings (SSSR count). The van der Waals surface area contributed by atoms with Gasteiger partial charge in [-0.2, -0.15) is 5.10 Å². The fourth-order valence-electron chi connectivity index (χ4n) is 6.00. The molecule has 0 aliphatic heterocycles. The van der Waals surface area contributed by atoms with Crippen LogP contribution >= 0.6 is 0 Å². The topological polar surface area (TPSA) is 117 Å². The first-order valence-electron chi connectivity index (χ1n) is 11.1. The second-order valence-electron chi connectivity index (χ2n) is 8.95. The highest BCUT2D eigenvalue weighted by atomic mass is 16.5. The number of H-pyrrole nitrogens is 1. The van der Waals surface area contributed by atoms with Crippen LogP contribution in [-0.4, -0.2) is 31.5 Å². The van der Waals surface area contributed by atoms with Crippen molar-refractivity contribution in [2.24, 2.45) is 5.92 Å². The van der Waals surface area contributed by atoms with Gasteiger partial charge in [0, 0.05) is 34.2 Å². The molecule has 0 fully saturated rings. The summed E-state index contributed by atoms with van der Waals surface area (Å²) in [6, 6.07) is 14.2. The number of amides is 1. The Morgan fingerprint density at radius 1 is 1.21 bits per heavy atom. The van der Waals surface area contributed by atoms with Gasteiger partial charge in [0.25, 0.3) is 0 Å². The summed E-state index contributed by atoms with van der Waals surface area (Å²) in [7, 11) is 0. The van der Waals surface area contributed by atoms with E-state index in [-0.39, 0.29) is 11.3 Å². The van der Waals surface area contributed by atoms with Crippen LogP contribution in [0, 0.1) is 5.92 Å². The molecule has 4 aromatic rings. The van der Waals surface area contributed by atoms with Gasteiger partial charge in [-0.1, -0.05) is 42.4 Å². The molecule has 2 aliphatic carbocycles. The maximum atomic E-state index is 10.9. The maximum Gasteiger partial charge on any atom is 0.410 e. The molecule has 1 aromatic carbocycles. The zero-order valence-electron chi connectivity index (χ0n) is 18.1. The first-order chi connectivity index (χ1) is 16.1. The molecule has 166 valence electrons. The minimum Gasteiger partial charge on any atom is -0.465 e. The van der Waals surface area contributed by atoms with Crippen molar-refractivity contribution in [2.45, 2.75) is 37.5 Å². The lowest BCUT2D eigenvalue weighted by atomic mass is 9.53. The minimum atomic E-state index is -1.13. The molecule has 1 amide bonds. The second-order valence-corrected chi connectivity index (χ2v) is 8.95. The summed E-state index contributed by atoms with van der Waals surface area (Å²) in [6.07, 6.45) is 5.09. The number of carboxylic acid groups (broad SMARTS) is 1. The van der Waals surface area contributed by atoms with Gasteiger partial charge >= 0.3 is 6.09 Å². The number of aromatic nitrogens is 4. The number of aromatic amines is 1. The zero-order valence-corrected chi connectivity index (χ0v) is 18.1. The Balaban J connectivity index is 1.50. The predicted molar refractivity (Wildman–Crippen MR) is 121 cm³/mol. The maximum absolute atomic E-state index is 10.9. The van der Waals surface area contributed by atoms with E-state index < -0.39 is 6.09 Å². The van der Waals surface area contributed by atoms with Gasteiger partial charge in [0.2, 0.25) is 0 Å². The lowest BCUT2D eigenvalue weighted by Gasteiger charge is -2.48. The summed E-state index contributed by atoms with van der Waals surface area (Å²) in [5, 5.41) is 23.5.